The van der Waals surface area contributed by atoms with Gasteiger partial charge in [-0.3, -0.25) is 0 Å². The fraction of sp³-hybridized carbons (Fsp3) is 0. The molecule has 3 aromatic rings. The Morgan fingerprint density at radius 1 is 1.13 bits per heavy atom. The SMILES string of the molecule is Nc1nc(-c2nccs2)c2sccc2n1. The first kappa shape index (κ1) is 8.75. The molecule has 3 heterocycles. The summed E-state index contributed by atoms with van der Waals surface area (Å²) in [6.07, 6.45) is 1.76. The lowest BCUT2D eigenvalue weighted by molar-refractivity contribution is 1.24. The Bertz CT molecular complexity index is 600. The molecule has 3 aromatic heterocycles. The summed E-state index contributed by atoms with van der Waals surface area (Å²) in [5.41, 5.74) is 7.37. The van der Waals surface area contributed by atoms with Crippen molar-refractivity contribution in [2.24, 2.45) is 0 Å². The molecule has 0 atom stereocenters. The topological polar surface area (TPSA) is 64.7 Å². The summed E-state index contributed by atoms with van der Waals surface area (Å²) in [6.45, 7) is 0. The molecular weight excluding hydrogens is 228 g/mol. The Hall–Kier alpha value is -1.53. The lowest BCUT2D eigenvalue weighted by atomic mass is 10.3. The van der Waals surface area contributed by atoms with Gasteiger partial charge in [0.1, 0.15) is 10.7 Å². The van der Waals surface area contributed by atoms with E-state index in [1.54, 1.807) is 28.9 Å². The second-order valence-electron chi connectivity index (χ2n) is 2.90. The molecular formula is C9H6N4S2. The van der Waals surface area contributed by atoms with Gasteiger partial charge in [0.2, 0.25) is 5.95 Å². The second kappa shape index (κ2) is 3.25. The van der Waals surface area contributed by atoms with Gasteiger partial charge in [-0.1, -0.05) is 0 Å². The zero-order valence-corrected chi connectivity index (χ0v) is 9.18. The van der Waals surface area contributed by atoms with Gasteiger partial charge in [0.25, 0.3) is 0 Å². The molecule has 3 rings (SSSR count). The Morgan fingerprint density at radius 3 is 2.87 bits per heavy atom. The van der Waals surface area contributed by atoms with Crippen molar-refractivity contribution in [3.63, 3.8) is 0 Å². The highest BCUT2D eigenvalue weighted by Gasteiger charge is 2.11. The summed E-state index contributed by atoms with van der Waals surface area (Å²) in [5.74, 6) is 0.297. The van der Waals surface area contributed by atoms with Gasteiger partial charge in [-0.2, -0.15) is 0 Å². The summed E-state index contributed by atoms with van der Waals surface area (Å²) in [5, 5.41) is 4.79. The van der Waals surface area contributed by atoms with Crippen LogP contribution in [0.2, 0.25) is 0 Å². The van der Waals surface area contributed by atoms with E-state index in [1.165, 1.54) is 0 Å². The zero-order chi connectivity index (χ0) is 10.3. The molecule has 0 saturated carbocycles. The van der Waals surface area contributed by atoms with Gasteiger partial charge in [0, 0.05) is 11.6 Å². The molecule has 0 aliphatic heterocycles. The lowest BCUT2D eigenvalue weighted by Gasteiger charge is -1.99. The predicted molar refractivity (Wildman–Crippen MR) is 62.9 cm³/mol. The van der Waals surface area contributed by atoms with Crippen molar-refractivity contribution < 1.29 is 0 Å². The summed E-state index contributed by atoms with van der Waals surface area (Å²) in [4.78, 5) is 12.6. The molecule has 0 fully saturated rings. The van der Waals surface area contributed by atoms with Gasteiger partial charge in [-0.15, -0.1) is 22.7 Å². The molecule has 0 amide bonds. The van der Waals surface area contributed by atoms with E-state index in [-0.39, 0.29) is 0 Å². The number of hydrogen-bond acceptors (Lipinski definition) is 6. The molecule has 0 spiro atoms. The fourth-order valence-electron chi connectivity index (χ4n) is 1.37. The number of nitrogens with zero attached hydrogens (tertiary/aromatic N) is 3. The minimum atomic E-state index is 0.297. The predicted octanol–water partition coefficient (Wildman–Crippen LogP) is 2.40. The molecule has 0 radical (unpaired) electrons. The van der Waals surface area contributed by atoms with Crippen LogP contribution in [0.3, 0.4) is 0 Å². The summed E-state index contributed by atoms with van der Waals surface area (Å²) in [7, 11) is 0. The molecule has 6 heteroatoms. The number of anilines is 1. The Morgan fingerprint density at radius 2 is 2.07 bits per heavy atom. The van der Waals surface area contributed by atoms with Gasteiger partial charge >= 0.3 is 0 Å². The van der Waals surface area contributed by atoms with Gasteiger partial charge < -0.3 is 5.73 Å². The number of fused-ring (bicyclic) bond motifs is 1. The van der Waals surface area contributed by atoms with Gasteiger partial charge in [-0.25, -0.2) is 15.0 Å². The highest BCUT2D eigenvalue weighted by Crippen LogP contribution is 2.31. The summed E-state index contributed by atoms with van der Waals surface area (Å²) in [6, 6.07) is 1.94. The largest absolute Gasteiger partial charge is 0.368 e. The van der Waals surface area contributed by atoms with Crippen LogP contribution < -0.4 is 5.73 Å². The van der Waals surface area contributed by atoms with E-state index >= 15 is 0 Å². The standard InChI is InChI=1S/C9H6N4S2/c10-9-12-5-1-3-14-7(5)6(13-9)8-11-2-4-15-8/h1-4H,(H2,10,12,13). The minimum absolute atomic E-state index is 0.297. The van der Waals surface area contributed by atoms with E-state index in [0.29, 0.717) is 5.95 Å². The third-order valence-corrected chi connectivity index (χ3v) is 3.65. The molecule has 74 valence electrons. The summed E-state index contributed by atoms with van der Waals surface area (Å²) < 4.78 is 1.04. The van der Waals surface area contributed by atoms with Gasteiger partial charge in [-0.05, 0) is 11.4 Å². The van der Waals surface area contributed by atoms with Crippen molar-refractivity contribution >= 4 is 38.8 Å². The lowest BCUT2D eigenvalue weighted by Crippen LogP contribution is -1.96. The van der Waals surface area contributed by atoms with E-state index in [2.05, 4.69) is 15.0 Å². The highest BCUT2D eigenvalue weighted by molar-refractivity contribution is 7.18. The maximum absolute atomic E-state index is 5.65. The minimum Gasteiger partial charge on any atom is -0.368 e. The first-order chi connectivity index (χ1) is 7.34. The zero-order valence-electron chi connectivity index (χ0n) is 7.54. The van der Waals surface area contributed by atoms with Crippen LogP contribution in [0, 0.1) is 0 Å². The number of hydrogen-bond donors (Lipinski definition) is 1. The Kier molecular flexibility index (Phi) is 1.90. The first-order valence-corrected chi connectivity index (χ1v) is 6.01. The van der Waals surface area contributed by atoms with Crippen LogP contribution >= 0.6 is 22.7 Å². The van der Waals surface area contributed by atoms with Crippen LogP contribution in [-0.4, -0.2) is 15.0 Å². The van der Waals surface area contributed by atoms with E-state index in [4.69, 9.17) is 5.73 Å². The van der Waals surface area contributed by atoms with Crippen molar-refractivity contribution in [3.8, 4) is 10.7 Å². The van der Waals surface area contributed by atoms with Crippen molar-refractivity contribution in [2.45, 2.75) is 0 Å². The molecule has 0 unspecified atom stereocenters. The van der Waals surface area contributed by atoms with E-state index in [0.717, 1.165) is 20.9 Å². The number of thiophene rings is 1. The number of thiazole rings is 1. The molecule has 15 heavy (non-hydrogen) atoms. The number of rotatable bonds is 1. The van der Waals surface area contributed by atoms with Crippen LogP contribution in [0.15, 0.2) is 23.0 Å². The average Bonchev–Trinajstić information content (AvgIpc) is 2.86. The Labute approximate surface area is 93.4 Å². The number of nitrogens with two attached hydrogens (primary N) is 1. The van der Waals surface area contributed by atoms with Crippen LogP contribution in [0.25, 0.3) is 20.9 Å². The van der Waals surface area contributed by atoms with Crippen molar-refractivity contribution in [3.05, 3.63) is 23.0 Å². The molecule has 0 aliphatic carbocycles. The van der Waals surface area contributed by atoms with Gasteiger partial charge in [0.15, 0.2) is 0 Å². The second-order valence-corrected chi connectivity index (χ2v) is 4.71. The third-order valence-electron chi connectivity index (χ3n) is 1.96. The molecule has 2 N–H and O–H groups in total. The number of nitrogen functional groups attached to an aromatic ring is 1. The summed E-state index contributed by atoms with van der Waals surface area (Å²) >= 11 is 3.16. The highest BCUT2D eigenvalue weighted by atomic mass is 32.1. The quantitative estimate of drug-likeness (QED) is 0.702. The normalized spacial score (nSPS) is 10.9. The average molecular weight is 234 g/mol. The van der Waals surface area contributed by atoms with E-state index < -0.39 is 0 Å². The van der Waals surface area contributed by atoms with E-state index in [1.807, 2.05) is 16.8 Å². The monoisotopic (exact) mass is 234 g/mol. The van der Waals surface area contributed by atoms with Crippen molar-refractivity contribution in [1.82, 2.24) is 15.0 Å². The molecule has 0 bridgehead atoms. The smallest absolute Gasteiger partial charge is 0.221 e. The molecule has 4 nitrogen and oxygen atoms in total. The van der Waals surface area contributed by atoms with Crippen LogP contribution in [0.5, 0.6) is 0 Å². The molecule has 0 aliphatic rings. The maximum atomic E-state index is 5.65. The molecule has 0 saturated heterocycles. The van der Waals surface area contributed by atoms with Crippen molar-refractivity contribution in [2.75, 3.05) is 5.73 Å². The van der Waals surface area contributed by atoms with Crippen molar-refractivity contribution in [1.29, 1.82) is 0 Å². The van der Waals surface area contributed by atoms with E-state index in [9.17, 15) is 0 Å². The first-order valence-electron chi connectivity index (χ1n) is 4.25. The number of aromatic nitrogens is 3. The fourth-order valence-corrected chi connectivity index (χ4v) is 2.88. The van der Waals surface area contributed by atoms with Crippen LogP contribution in [0.1, 0.15) is 0 Å². The maximum Gasteiger partial charge on any atom is 0.221 e. The third kappa shape index (κ3) is 1.38. The molecule has 0 aromatic carbocycles. The van der Waals surface area contributed by atoms with Gasteiger partial charge in [0.05, 0.1) is 10.2 Å². The van der Waals surface area contributed by atoms with Crippen LogP contribution in [-0.2, 0) is 0 Å². The van der Waals surface area contributed by atoms with Crippen LogP contribution in [0.4, 0.5) is 5.95 Å². The Balaban J connectivity index is 2.38.